The molecule has 4 nitrogen and oxygen atoms in total. The van der Waals surface area contributed by atoms with E-state index >= 15 is 0 Å². The van der Waals surface area contributed by atoms with Gasteiger partial charge in [0.2, 0.25) is 5.88 Å². The van der Waals surface area contributed by atoms with Crippen molar-refractivity contribution < 1.29 is 9.47 Å². The zero-order valence-corrected chi connectivity index (χ0v) is 11.7. The van der Waals surface area contributed by atoms with Gasteiger partial charge in [0.25, 0.3) is 0 Å². The van der Waals surface area contributed by atoms with Gasteiger partial charge in [-0.15, -0.1) is 0 Å². The van der Waals surface area contributed by atoms with Crippen molar-refractivity contribution in [1.29, 1.82) is 0 Å². The van der Waals surface area contributed by atoms with Gasteiger partial charge in [0, 0.05) is 30.2 Å². The molecule has 1 saturated heterocycles. The van der Waals surface area contributed by atoms with E-state index in [-0.39, 0.29) is 0 Å². The number of ether oxygens (including phenoxy) is 2. The van der Waals surface area contributed by atoms with Gasteiger partial charge in [0.1, 0.15) is 6.61 Å². The van der Waals surface area contributed by atoms with Crippen molar-refractivity contribution in [3.05, 3.63) is 18.3 Å². The Balaban J connectivity index is 1.80. The Morgan fingerprint density at radius 2 is 2.33 bits per heavy atom. The van der Waals surface area contributed by atoms with E-state index in [1.807, 2.05) is 30.1 Å². The van der Waals surface area contributed by atoms with Crippen LogP contribution in [-0.2, 0) is 4.74 Å². The summed E-state index contributed by atoms with van der Waals surface area (Å²) in [6.45, 7) is 3.39. The summed E-state index contributed by atoms with van der Waals surface area (Å²) in [5, 5.41) is 4.26. The standard InChI is InChI=1S/C13H20N2O2S/c1-10-7-12(9-18-10)15-11-3-4-13(14-8-11)17-6-5-16-2/h3-4,8,10,12,15H,5-7,9H2,1-2H3. The first-order valence-corrected chi connectivity index (χ1v) is 7.28. The predicted octanol–water partition coefficient (Wildman–Crippen LogP) is 2.41. The van der Waals surface area contributed by atoms with Crippen molar-refractivity contribution in [2.45, 2.75) is 24.6 Å². The van der Waals surface area contributed by atoms with Crippen LogP contribution in [0.15, 0.2) is 18.3 Å². The third-order valence-electron chi connectivity index (χ3n) is 2.84. The summed E-state index contributed by atoms with van der Waals surface area (Å²) >= 11 is 2.02. The lowest BCUT2D eigenvalue weighted by Crippen LogP contribution is -2.18. The summed E-state index contributed by atoms with van der Waals surface area (Å²) in [5.74, 6) is 1.82. The van der Waals surface area contributed by atoms with Crippen molar-refractivity contribution in [2.24, 2.45) is 0 Å². The number of anilines is 1. The molecule has 1 aromatic rings. The van der Waals surface area contributed by atoms with Crippen LogP contribution in [0.2, 0.25) is 0 Å². The van der Waals surface area contributed by atoms with Gasteiger partial charge >= 0.3 is 0 Å². The molecule has 100 valence electrons. The van der Waals surface area contributed by atoms with Gasteiger partial charge in [-0.1, -0.05) is 6.92 Å². The van der Waals surface area contributed by atoms with E-state index in [1.165, 1.54) is 12.2 Å². The van der Waals surface area contributed by atoms with Gasteiger partial charge < -0.3 is 14.8 Å². The van der Waals surface area contributed by atoms with E-state index in [4.69, 9.17) is 9.47 Å². The normalized spacial score (nSPS) is 23.0. The molecule has 2 unspecified atom stereocenters. The van der Waals surface area contributed by atoms with Crippen LogP contribution in [0.1, 0.15) is 13.3 Å². The summed E-state index contributed by atoms with van der Waals surface area (Å²) < 4.78 is 10.3. The Morgan fingerprint density at radius 3 is 2.94 bits per heavy atom. The molecule has 1 fully saturated rings. The summed E-state index contributed by atoms with van der Waals surface area (Å²) in [6.07, 6.45) is 3.05. The Bertz CT molecular complexity index is 359. The lowest BCUT2D eigenvalue weighted by molar-refractivity contribution is 0.144. The highest BCUT2D eigenvalue weighted by atomic mass is 32.2. The number of nitrogens with zero attached hydrogens (tertiary/aromatic N) is 1. The molecule has 0 saturated carbocycles. The number of aromatic nitrogens is 1. The third kappa shape index (κ3) is 4.07. The van der Waals surface area contributed by atoms with Gasteiger partial charge in [-0.2, -0.15) is 11.8 Å². The van der Waals surface area contributed by atoms with E-state index in [0.717, 1.165) is 10.9 Å². The highest BCUT2D eigenvalue weighted by Gasteiger charge is 2.21. The van der Waals surface area contributed by atoms with Crippen molar-refractivity contribution >= 4 is 17.4 Å². The van der Waals surface area contributed by atoms with Crippen molar-refractivity contribution in [3.63, 3.8) is 0 Å². The second-order valence-corrected chi connectivity index (χ2v) is 5.92. The van der Waals surface area contributed by atoms with Crippen LogP contribution in [0.3, 0.4) is 0 Å². The number of hydrogen-bond donors (Lipinski definition) is 1. The van der Waals surface area contributed by atoms with E-state index in [1.54, 1.807) is 7.11 Å². The van der Waals surface area contributed by atoms with Crippen LogP contribution < -0.4 is 10.1 Å². The van der Waals surface area contributed by atoms with E-state index in [0.29, 0.717) is 25.1 Å². The maximum atomic E-state index is 5.42. The molecule has 2 rings (SSSR count). The van der Waals surface area contributed by atoms with Gasteiger partial charge in [0.15, 0.2) is 0 Å². The first-order valence-electron chi connectivity index (χ1n) is 6.24. The monoisotopic (exact) mass is 268 g/mol. The largest absolute Gasteiger partial charge is 0.475 e. The number of pyridine rings is 1. The number of methoxy groups -OCH3 is 1. The summed E-state index contributed by atoms with van der Waals surface area (Å²) in [4.78, 5) is 4.26. The fraction of sp³-hybridized carbons (Fsp3) is 0.615. The first-order chi connectivity index (χ1) is 8.78. The van der Waals surface area contributed by atoms with Crippen LogP contribution in [-0.4, -0.2) is 42.4 Å². The van der Waals surface area contributed by atoms with Crippen molar-refractivity contribution in [3.8, 4) is 5.88 Å². The molecule has 5 heteroatoms. The molecular weight excluding hydrogens is 248 g/mol. The Morgan fingerprint density at radius 1 is 1.44 bits per heavy atom. The molecular formula is C13H20N2O2S. The SMILES string of the molecule is COCCOc1ccc(NC2CSC(C)C2)cn1. The lowest BCUT2D eigenvalue weighted by atomic mass is 10.2. The molecule has 1 aliphatic rings. The van der Waals surface area contributed by atoms with E-state index in [2.05, 4.69) is 17.2 Å². The third-order valence-corrected chi connectivity index (χ3v) is 4.20. The minimum Gasteiger partial charge on any atom is -0.475 e. The summed E-state index contributed by atoms with van der Waals surface area (Å²) in [7, 11) is 1.66. The molecule has 0 spiro atoms. The van der Waals surface area contributed by atoms with Crippen molar-refractivity contribution in [2.75, 3.05) is 31.4 Å². The maximum Gasteiger partial charge on any atom is 0.213 e. The molecule has 1 aliphatic heterocycles. The Kier molecular flexibility index (Phi) is 5.13. The van der Waals surface area contributed by atoms with E-state index in [9.17, 15) is 0 Å². The highest BCUT2D eigenvalue weighted by Crippen LogP contribution is 2.28. The van der Waals surface area contributed by atoms with Crippen LogP contribution in [0.4, 0.5) is 5.69 Å². The summed E-state index contributed by atoms with van der Waals surface area (Å²) in [6, 6.07) is 4.47. The fourth-order valence-electron chi connectivity index (χ4n) is 1.93. The predicted molar refractivity (Wildman–Crippen MR) is 75.6 cm³/mol. The maximum absolute atomic E-state index is 5.42. The smallest absolute Gasteiger partial charge is 0.213 e. The topological polar surface area (TPSA) is 43.4 Å². The van der Waals surface area contributed by atoms with E-state index < -0.39 is 0 Å². The number of hydrogen-bond acceptors (Lipinski definition) is 5. The number of rotatable bonds is 6. The van der Waals surface area contributed by atoms with Gasteiger partial charge in [-0.05, 0) is 12.5 Å². The number of thioether (sulfide) groups is 1. The first kappa shape index (κ1) is 13.5. The highest BCUT2D eigenvalue weighted by molar-refractivity contribution is 8.00. The molecule has 0 radical (unpaired) electrons. The Hall–Kier alpha value is -0.940. The molecule has 2 heterocycles. The van der Waals surface area contributed by atoms with Crippen LogP contribution in [0, 0.1) is 0 Å². The molecule has 1 aromatic heterocycles. The minimum atomic E-state index is 0.535. The lowest BCUT2D eigenvalue weighted by Gasteiger charge is -2.13. The second-order valence-electron chi connectivity index (χ2n) is 4.45. The molecule has 2 atom stereocenters. The molecule has 1 N–H and O–H groups in total. The van der Waals surface area contributed by atoms with Gasteiger partial charge in [0.05, 0.1) is 18.5 Å². The second kappa shape index (κ2) is 6.85. The van der Waals surface area contributed by atoms with Crippen LogP contribution >= 0.6 is 11.8 Å². The molecule has 0 aliphatic carbocycles. The zero-order valence-electron chi connectivity index (χ0n) is 10.9. The quantitative estimate of drug-likeness (QED) is 0.803. The van der Waals surface area contributed by atoms with Crippen LogP contribution in [0.5, 0.6) is 5.88 Å². The van der Waals surface area contributed by atoms with Crippen LogP contribution in [0.25, 0.3) is 0 Å². The Labute approximate surface area is 112 Å². The van der Waals surface area contributed by atoms with Crippen molar-refractivity contribution in [1.82, 2.24) is 4.98 Å². The molecule has 0 amide bonds. The van der Waals surface area contributed by atoms with Gasteiger partial charge in [-0.3, -0.25) is 0 Å². The van der Waals surface area contributed by atoms with Gasteiger partial charge in [-0.25, -0.2) is 4.98 Å². The zero-order chi connectivity index (χ0) is 12.8. The molecule has 18 heavy (non-hydrogen) atoms. The summed E-state index contributed by atoms with van der Waals surface area (Å²) in [5.41, 5.74) is 1.06. The molecule has 0 aromatic carbocycles. The average Bonchev–Trinajstić information content (AvgIpc) is 2.77. The molecule has 0 bridgehead atoms. The average molecular weight is 268 g/mol. The minimum absolute atomic E-state index is 0.535. The fourth-order valence-corrected chi connectivity index (χ4v) is 3.08. The number of nitrogens with one attached hydrogen (secondary N) is 1.